The summed E-state index contributed by atoms with van der Waals surface area (Å²) in [5, 5.41) is 9.16. The molecule has 2 fully saturated rings. The molecule has 1 aliphatic heterocycles. The molecule has 2 N–H and O–H groups in total. The summed E-state index contributed by atoms with van der Waals surface area (Å²) in [6, 6.07) is -1.07. The minimum absolute atomic E-state index is 0.290. The van der Waals surface area contributed by atoms with E-state index in [4.69, 9.17) is 5.11 Å². The first-order valence-electron chi connectivity index (χ1n) is 8.26. The molecule has 0 amide bonds. The van der Waals surface area contributed by atoms with Crippen molar-refractivity contribution >= 4 is 16.2 Å². The van der Waals surface area contributed by atoms with Gasteiger partial charge in [-0.2, -0.15) is 17.4 Å². The van der Waals surface area contributed by atoms with E-state index < -0.39 is 22.2 Å². The SMILES string of the molecule is CC(C)[C@H](NS(=O)(=O)N1CCC2(CCCCC2)CC1)C(=O)O. The molecule has 1 aliphatic carbocycles. The van der Waals surface area contributed by atoms with Gasteiger partial charge in [0, 0.05) is 13.1 Å². The molecule has 128 valence electrons. The summed E-state index contributed by atoms with van der Waals surface area (Å²) in [5.41, 5.74) is 0.328. The topological polar surface area (TPSA) is 86.7 Å². The van der Waals surface area contributed by atoms with Gasteiger partial charge in [-0.3, -0.25) is 4.79 Å². The molecule has 1 saturated heterocycles. The Morgan fingerprint density at radius 2 is 1.64 bits per heavy atom. The molecule has 0 aromatic heterocycles. The lowest BCUT2D eigenvalue weighted by molar-refractivity contribution is -0.140. The van der Waals surface area contributed by atoms with Crippen molar-refractivity contribution in [2.75, 3.05) is 13.1 Å². The molecule has 7 heteroatoms. The smallest absolute Gasteiger partial charge is 0.322 e. The second kappa shape index (κ2) is 6.84. The van der Waals surface area contributed by atoms with Crippen LogP contribution in [0.1, 0.15) is 58.8 Å². The number of hydrogen-bond acceptors (Lipinski definition) is 3. The molecule has 6 nitrogen and oxygen atoms in total. The van der Waals surface area contributed by atoms with Gasteiger partial charge in [0.05, 0.1) is 0 Å². The van der Waals surface area contributed by atoms with Gasteiger partial charge in [-0.05, 0) is 37.0 Å². The molecule has 22 heavy (non-hydrogen) atoms. The van der Waals surface area contributed by atoms with Crippen molar-refractivity contribution in [1.82, 2.24) is 9.03 Å². The van der Waals surface area contributed by atoms with Crippen LogP contribution in [-0.4, -0.2) is 42.9 Å². The number of carboxylic acid groups (broad SMARTS) is 1. The summed E-state index contributed by atoms with van der Waals surface area (Å²) < 4.78 is 28.6. The first kappa shape index (κ1) is 17.7. The van der Waals surface area contributed by atoms with Crippen LogP contribution in [0.4, 0.5) is 0 Å². The van der Waals surface area contributed by atoms with Gasteiger partial charge in [-0.25, -0.2) is 0 Å². The van der Waals surface area contributed by atoms with Crippen molar-refractivity contribution in [3.63, 3.8) is 0 Å². The highest BCUT2D eigenvalue weighted by atomic mass is 32.2. The molecule has 1 atom stereocenters. The maximum Gasteiger partial charge on any atom is 0.322 e. The Labute approximate surface area is 133 Å². The van der Waals surface area contributed by atoms with Gasteiger partial charge in [0.2, 0.25) is 0 Å². The monoisotopic (exact) mass is 332 g/mol. The number of hydrogen-bond donors (Lipinski definition) is 2. The third kappa shape index (κ3) is 4.00. The van der Waals surface area contributed by atoms with Crippen LogP contribution in [-0.2, 0) is 15.0 Å². The maximum absolute atomic E-state index is 12.4. The second-order valence-corrected chi connectivity index (χ2v) is 8.84. The van der Waals surface area contributed by atoms with Crippen molar-refractivity contribution in [1.29, 1.82) is 0 Å². The number of nitrogens with one attached hydrogen (secondary N) is 1. The van der Waals surface area contributed by atoms with Crippen molar-refractivity contribution in [3.8, 4) is 0 Å². The predicted molar refractivity (Wildman–Crippen MR) is 84.6 cm³/mol. The number of rotatable bonds is 5. The fourth-order valence-electron chi connectivity index (χ4n) is 3.71. The third-order valence-corrected chi connectivity index (χ3v) is 6.84. The highest BCUT2D eigenvalue weighted by Gasteiger charge is 2.39. The fraction of sp³-hybridized carbons (Fsp3) is 0.933. The van der Waals surface area contributed by atoms with E-state index in [1.165, 1.54) is 36.4 Å². The van der Waals surface area contributed by atoms with Crippen LogP contribution >= 0.6 is 0 Å². The summed E-state index contributed by atoms with van der Waals surface area (Å²) in [4.78, 5) is 11.2. The molecule has 1 heterocycles. The van der Waals surface area contributed by atoms with Gasteiger partial charge in [0.1, 0.15) is 6.04 Å². The lowest BCUT2D eigenvalue weighted by Gasteiger charge is -2.43. The van der Waals surface area contributed by atoms with E-state index >= 15 is 0 Å². The van der Waals surface area contributed by atoms with Crippen LogP contribution in [0.15, 0.2) is 0 Å². The molecule has 0 bridgehead atoms. The normalized spacial score (nSPS) is 24.5. The molecule has 0 radical (unpaired) electrons. The van der Waals surface area contributed by atoms with E-state index in [1.54, 1.807) is 13.8 Å². The first-order valence-corrected chi connectivity index (χ1v) is 9.70. The zero-order valence-electron chi connectivity index (χ0n) is 13.5. The Balaban J connectivity index is 1.98. The van der Waals surface area contributed by atoms with Gasteiger partial charge in [-0.1, -0.05) is 33.1 Å². The van der Waals surface area contributed by atoms with Crippen LogP contribution in [0.2, 0.25) is 0 Å². The predicted octanol–water partition coefficient (Wildman–Crippen LogP) is 1.98. The fourth-order valence-corrected chi connectivity index (χ4v) is 5.22. The van der Waals surface area contributed by atoms with E-state index in [0.717, 1.165) is 12.8 Å². The standard InChI is InChI=1S/C15H28N2O4S/c1-12(2)13(14(18)19)16-22(20,21)17-10-8-15(9-11-17)6-4-3-5-7-15/h12-13,16H,3-11H2,1-2H3,(H,18,19)/t13-/m0/s1. The average molecular weight is 332 g/mol. The Bertz CT molecular complexity index is 488. The van der Waals surface area contributed by atoms with Crippen LogP contribution in [0.3, 0.4) is 0 Å². The van der Waals surface area contributed by atoms with Gasteiger partial charge < -0.3 is 5.11 Å². The summed E-state index contributed by atoms with van der Waals surface area (Å²) in [6.45, 7) is 4.41. The number of nitrogens with zero attached hydrogens (tertiary/aromatic N) is 1. The minimum atomic E-state index is -3.73. The van der Waals surface area contributed by atoms with Crippen molar-refractivity contribution in [2.45, 2.75) is 64.8 Å². The molecule has 2 rings (SSSR count). The number of aliphatic carboxylic acids is 1. The largest absolute Gasteiger partial charge is 0.480 e. The Morgan fingerprint density at radius 3 is 2.09 bits per heavy atom. The summed E-state index contributed by atoms with van der Waals surface area (Å²) in [5.74, 6) is -1.42. The highest BCUT2D eigenvalue weighted by molar-refractivity contribution is 7.87. The maximum atomic E-state index is 12.4. The summed E-state index contributed by atoms with van der Waals surface area (Å²) in [7, 11) is -3.73. The molecule has 1 saturated carbocycles. The van der Waals surface area contributed by atoms with Crippen LogP contribution in [0.25, 0.3) is 0 Å². The van der Waals surface area contributed by atoms with Crippen LogP contribution in [0, 0.1) is 11.3 Å². The Hall–Kier alpha value is -0.660. The van der Waals surface area contributed by atoms with E-state index in [1.807, 2.05) is 0 Å². The lowest BCUT2D eigenvalue weighted by Crippen LogP contribution is -2.53. The summed E-state index contributed by atoms with van der Waals surface area (Å²) >= 11 is 0. The van der Waals surface area contributed by atoms with E-state index in [9.17, 15) is 13.2 Å². The molecule has 0 aromatic carbocycles. The lowest BCUT2D eigenvalue weighted by atomic mass is 9.68. The first-order chi connectivity index (χ1) is 10.3. The van der Waals surface area contributed by atoms with E-state index in [0.29, 0.717) is 18.5 Å². The van der Waals surface area contributed by atoms with Crippen molar-refractivity contribution in [2.24, 2.45) is 11.3 Å². The molecule has 2 aliphatic rings. The number of carbonyl (C=O) groups is 1. The Morgan fingerprint density at radius 1 is 1.09 bits per heavy atom. The van der Waals surface area contributed by atoms with E-state index in [-0.39, 0.29) is 5.92 Å². The molecule has 0 unspecified atom stereocenters. The van der Waals surface area contributed by atoms with Crippen LogP contribution in [0.5, 0.6) is 0 Å². The number of piperidine rings is 1. The van der Waals surface area contributed by atoms with Gasteiger partial charge in [0.15, 0.2) is 0 Å². The minimum Gasteiger partial charge on any atom is -0.480 e. The van der Waals surface area contributed by atoms with Crippen LogP contribution < -0.4 is 4.72 Å². The zero-order valence-corrected chi connectivity index (χ0v) is 14.4. The van der Waals surface area contributed by atoms with Crippen molar-refractivity contribution < 1.29 is 18.3 Å². The highest BCUT2D eigenvalue weighted by Crippen LogP contribution is 2.44. The second-order valence-electron chi connectivity index (χ2n) is 7.14. The zero-order chi connectivity index (χ0) is 16.4. The molecular weight excluding hydrogens is 304 g/mol. The van der Waals surface area contributed by atoms with Crippen molar-refractivity contribution in [3.05, 3.63) is 0 Å². The summed E-state index contributed by atoms with van der Waals surface area (Å²) in [6.07, 6.45) is 8.00. The van der Waals surface area contributed by atoms with Gasteiger partial charge in [0.25, 0.3) is 10.2 Å². The van der Waals surface area contributed by atoms with E-state index in [2.05, 4.69) is 4.72 Å². The Kier molecular flexibility index (Phi) is 5.50. The molecular formula is C15H28N2O4S. The quantitative estimate of drug-likeness (QED) is 0.806. The molecule has 1 spiro atoms. The van der Waals surface area contributed by atoms with Gasteiger partial charge >= 0.3 is 5.97 Å². The number of carboxylic acids is 1. The average Bonchev–Trinajstić information content (AvgIpc) is 2.45. The third-order valence-electron chi connectivity index (χ3n) is 5.25. The van der Waals surface area contributed by atoms with Gasteiger partial charge in [-0.15, -0.1) is 0 Å². The molecule has 0 aromatic rings.